The minimum Gasteiger partial charge on any atom is -0.0628 e. The molecule has 0 fully saturated rings. The van der Waals surface area contributed by atoms with Crippen LogP contribution in [0.15, 0.2) is 0 Å². The van der Waals surface area contributed by atoms with E-state index in [0.29, 0.717) is 0 Å². The predicted molar refractivity (Wildman–Crippen MR) is 66.4 cm³/mol. The fourth-order valence-electron chi connectivity index (χ4n) is 2.68. The molecule has 86 valence electrons. The second kappa shape index (κ2) is 6.48. The maximum Gasteiger partial charge on any atom is -0.0365 e. The molecule has 0 nitrogen and oxygen atoms in total. The van der Waals surface area contributed by atoms with Gasteiger partial charge in [0.2, 0.25) is 0 Å². The van der Waals surface area contributed by atoms with Crippen LogP contribution in [0.4, 0.5) is 0 Å². The molecule has 0 aromatic rings. The molecular weight excluding hydrogens is 168 g/mol. The van der Waals surface area contributed by atoms with Gasteiger partial charge in [-0.2, -0.15) is 0 Å². The Morgan fingerprint density at radius 1 is 0.643 bits per heavy atom. The standard InChI is InChI=1S/C14H30/c1-10(2)8-13(7)9-14(11(3)4)12(5)6/h10-14H,8-9H2,1-7H3. The van der Waals surface area contributed by atoms with E-state index in [0.717, 1.165) is 29.6 Å². The molecule has 0 bridgehead atoms. The van der Waals surface area contributed by atoms with Gasteiger partial charge in [-0.1, -0.05) is 48.5 Å². The van der Waals surface area contributed by atoms with E-state index >= 15 is 0 Å². The molecule has 1 unspecified atom stereocenters. The Kier molecular flexibility index (Phi) is 6.48. The van der Waals surface area contributed by atoms with Crippen LogP contribution < -0.4 is 0 Å². The fraction of sp³-hybridized carbons (Fsp3) is 1.00. The Bertz CT molecular complexity index is 125. The van der Waals surface area contributed by atoms with Crippen LogP contribution in [-0.2, 0) is 0 Å². The van der Waals surface area contributed by atoms with Crippen LogP contribution in [0.3, 0.4) is 0 Å². The van der Waals surface area contributed by atoms with E-state index in [9.17, 15) is 0 Å². The minimum atomic E-state index is 0.838. The van der Waals surface area contributed by atoms with Gasteiger partial charge in [-0.15, -0.1) is 0 Å². The summed E-state index contributed by atoms with van der Waals surface area (Å²) in [6.45, 7) is 16.5. The van der Waals surface area contributed by atoms with Gasteiger partial charge < -0.3 is 0 Å². The highest BCUT2D eigenvalue weighted by Crippen LogP contribution is 2.29. The zero-order valence-corrected chi connectivity index (χ0v) is 11.3. The first kappa shape index (κ1) is 14.0. The summed E-state index contributed by atoms with van der Waals surface area (Å²) in [6.07, 6.45) is 2.80. The van der Waals surface area contributed by atoms with Crippen LogP contribution in [0.25, 0.3) is 0 Å². The predicted octanol–water partition coefficient (Wildman–Crippen LogP) is 4.99. The lowest BCUT2D eigenvalue weighted by molar-refractivity contribution is 0.221. The molecule has 0 aromatic heterocycles. The summed E-state index contributed by atoms with van der Waals surface area (Å²) in [5.41, 5.74) is 0. The van der Waals surface area contributed by atoms with Gasteiger partial charge in [0.1, 0.15) is 0 Å². The molecule has 0 amide bonds. The van der Waals surface area contributed by atoms with Gasteiger partial charge in [0, 0.05) is 0 Å². The summed E-state index contributed by atoms with van der Waals surface area (Å²) in [4.78, 5) is 0. The summed E-state index contributed by atoms with van der Waals surface area (Å²) in [5.74, 6) is 4.33. The quantitative estimate of drug-likeness (QED) is 0.564. The van der Waals surface area contributed by atoms with E-state index in [-0.39, 0.29) is 0 Å². The van der Waals surface area contributed by atoms with Crippen LogP contribution in [0.2, 0.25) is 0 Å². The lowest BCUT2D eigenvalue weighted by atomic mass is 9.78. The molecule has 0 heteroatoms. The SMILES string of the molecule is CC(C)CC(C)CC(C(C)C)C(C)C. The molecule has 0 aliphatic rings. The lowest BCUT2D eigenvalue weighted by Crippen LogP contribution is -2.19. The van der Waals surface area contributed by atoms with E-state index in [2.05, 4.69) is 48.5 Å². The maximum atomic E-state index is 2.41. The zero-order valence-electron chi connectivity index (χ0n) is 11.3. The minimum absolute atomic E-state index is 0.838. The molecule has 0 saturated carbocycles. The van der Waals surface area contributed by atoms with E-state index in [1.54, 1.807) is 0 Å². The number of hydrogen-bond acceptors (Lipinski definition) is 0. The molecule has 0 aromatic carbocycles. The van der Waals surface area contributed by atoms with E-state index in [1.807, 2.05) is 0 Å². The van der Waals surface area contributed by atoms with Crippen molar-refractivity contribution < 1.29 is 0 Å². The van der Waals surface area contributed by atoms with Gasteiger partial charge in [-0.25, -0.2) is 0 Å². The topological polar surface area (TPSA) is 0 Å². The molecule has 0 N–H and O–H groups in total. The summed E-state index contributed by atoms with van der Waals surface area (Å²) in [5, 5.41) is 0. The first-order valence-electron chi connectivity index (χ1n) is 6.34. The molecular formula is C14H30. The molecule has 0 aliphatic carbocycles. The molecule has 0 rings (SSSR count). The van der Waals surface area contributed by atoms with Gasteiger partial charge in [0.25, 0.3) is 0 Å². The Labute approximate surface area is 91.5 Å². The molecule has 0 heterocycles. The fourth-order valence-corrected chi connectivity index (χ4v) is 2.68. The normalized spacial score (nSPS) is 14.8. The number of rotatable bonds is 6. The van der Waals surface area contributed by atoms with Crippen molar-refractivity contribution in [3.63, 3.8) is 0 Å². The summed E-state index contributed by atoms with van der Waals surface area (Å²) < 4.78 is 0. The molecule has 0 aliphatic heterocycles. The molecule has 14 heavy (non-hydrogen) atoms. The molecule has 0 radical (unpaired) electrons. The smallest absolute Gasteiger partial charge is 0.0365 e. The third kappa shape index (κ3) is 5.67. The van der Waals surface area contributed by atoms with Crippen LogP contribution in [0, 0.1) is 29.6 Å². The highest BCUT2D eigenvalue weighted by molar-refractivity contribution is 4.70. The van der Waals surface area contributed by atoms with E-state index < -0.39 is 0 Å². The van der Waals surface area contributed by atoms with Crippen LogP contribution in [0.1, 0.15) is 61.3 Å². The van der Waals surface area contributed by atoms with Crippen LogP contribution >= 0.6 is 0 Å². The third-order valence-electron chi connectivity index (χ3n) is 3.26. The van der Waals surface area contributed by atoms with Gasteiger partial charge in [0.05, 0.1) is 0 Å². The summed E-state index contributed by atoms with van der Waals surface area (Å²) in [6, 6.07) is 0. The van der Waals surface area contributed by atoms with Gasteiger partial charge >= 0.3 is 0 Å². The molecule has 0 spiro atoms. The zero-order chi connectivity index (χ0) is 11.3. The summed E-state index contributed by atoms with van der Waals surface area (Å²) in [7, 11) is 0. The van der Waals surface area contributed by atoms with Crippen LogP contribution in [-0.4, -0.2) is 0 Å². The van der Waals surface area contributed by atoms with Crippen molar-refractivity contribution in [2.75, 3.05) is 0 Å². The Morgan fingerprint density at radius 2 is 1.07 bits per heavy atom. The average molecular weight is 198 g/mol. The summed E-state index contributed by atoms with van der Waals surface area (Å²) >= 11 is 0. The van der Waals surface area contributed by atoms with E-state index in [1.165, 1.54) is 12.8 Å². The lowest BCUT2D eigenvalue weighted by Gasteiger charge is -2.28. The Hall–Kier alpha value is 0. The first-order valence-corrected chi connectivity index (χ1v) is 6.34. The van der Waals surface area contributed by atoms with Crippen molar-refractivity contribution in [1.29, 1.82) is 0 Å². The van der Waals surface area contributed by atoms with Gasteiger partial charge in [0.15, 0.2) is 0 Å². The average Bonchev–Trinajstić information content (AvgIpc) is 1.97. The van der Waals surface area contributed by atoms with Gasteiger partial charge in [-0.05, 0) is 42.4 Å². The second-order valence-electron chi connectivity index (χ2n) is 6.12. The van der Waals surface area contributed by atoms with Crippen molar-refractivity contribution in [2.24, 2.45) is 29.6 Å². The second-order valence-corrected chi connectivity index (χ2v) is 6.12. The van der Waals surface area contributed by atoms with Gasteiger partial charge in [-0.3, -0.25) is 0 Å². The third-order valence-corrected chi connectivity index (χ3v) is 3.26. The first-order chi connectivity index (χ1) is 6.34. The molecule has 1 atom stereocenters. The van der Waals surface area contributed by atoms with Crippen molar-refractivity contribution in [3.8, 4) is 0 Å². The largest absolute Gasteiger partial charge is 0.0628 e. The Morgan fingerprint density at radius 3 is 1.36 bits per heavy atom. The van der Waals surface area contributed by atoms with Crippen LogP contribution in [0.5, 0.6) is 0 Å². The Balaban J connectivity index is 4.03. The molecule has 0 saturated heterocycles. The maximum absolute atomic E-state index is 2.41. The van der Waals surface area contributed by atoms with Crippen molar-refractivity contribution >= 4 is 0 Å². The van der Waals surface area contributed by atoms with Crippen molar-refractivity contribution in [1.82, 2.24) is 0 Å². The van der Waals surface area contributed by atoms with E-state index in [4.69, 9.17) is 0 Å². The highest BCUT2D eigenvalue weighted by atomic mass is 14.3. The highest BCUT2D eigenvalue weighted by Gasteiger charge is 2.20. The number of hydrogen-bond donors (Lipinski definition) is 0. The van der Waals surface area contributed by atoms with Crippen molar-refractivity contribution in [3.05, 3.63) is 0 Å². The van der Waals surface area contributed by atoms with Crippen molar-refractivity contribution in [2.45, 2.75) is 61.3 Å². The monoisotopic (exact) mass is 198 g/mol.